The van der Waals surface area contributed by atoms with Gasteiger partial charge >= 0.3 is 0 Å². The van der Waals surface area contributed by atoms with Gasteiger partial charge in [0.1, 0.15) is 11.0 Å². The van der Waals surface area contributed by atoms with Gasteiger partial charge in [0.15, 0.2) is 0 Å². The third kappa shape index (κ3) is 5.89. The van der Waals surface area contributed by atoms with E-state index in [2.05, 4.69) is 17.2 Å². The van der Waals surface area contributed by atoms with Crippen molar-refractivity contribution < 1.29 is 22.1 Å². The Balaban J connectivity index is 0.00000204. The van der Waals surface area contributed by atoms with Crippen LogP contribution in [0.4, 0.5) is 17.1 Å². The summed E-state index contributed by atoms with van der Waals surface area (Å²) in [7, 11) is -0.989. The normalized spacial score (nSPS) is 22.4. The van der Waals surface area contributed by atoms with Crippen LogP contribution in [0.3, 0.4) is 0 Å². The number of nitrogens with one attached hydrogen (secondary N) is 2. The molecule has 2 amide bonds. The van der Waals surface area contributed by atoms with Crippen LogP contribution in [-0.4, -0.2) is 33.8 Å². The monoisotopic (exact) mass is 473 g/mol. The van der Waals surface area contributed by atoms with Gasteiger partial charge in [0.05, 0.1) is 11.8 Å². The van der Waals surface area contributed by atoms with Crippen LogP contribution in [0.1, 0.15) is 34.1 Å². The lowest BCUT2D eigenvalue weighted by Gasteiger charge is -2.27. The van der Waals surface area contributed by atoms with Gasteiger partial charge in [-0.15, -0.1) is 0 Å². The van der Waals surface area contributed by atoms with E-state index in [1.165, 1.54) is 0 Å². The molecule has 1 heterocycles. The van der Waals surface area contributed by atoms with Gasteiger partial charge in [0.2, 0.25) is 11.8 Å². The zero-order valence-corrected chi connectivity index (χ0v) is 19.6. The molecule has 180 valence electrons. The number of nitrogens with zero attached hydrogens (tertiary/aromatic N) is 1. The predicted molar refractivity (Wildman–Crippen MR) is 138 cm³/mol. The predicted octanol–water partition coefficient (Wildman–Crippen LogP) is 4.09. The van der Waals surface area contributed by atoms with Crippen molar-refractivity contribution in [2.45, 2.75) is 32.6 Å². The Bertz CT molecular complexity index is 1050. The first-order valence-corrected chi connectivity index (χ1v) is 12.3. The topological polar surface area (TPSA) is 110 Å². The van der Waals surface area contributed by atoms with Gasteiger partial charge in [-0.2, -0.15) is 0 Å². The van der Waals surface area contributed by atoms with Crippen LogP contribution >= 0.6 is 0 Å². The molecule has 2 fully saturated rings. The summed E-state index contributed by atoms with van der Waals surface area (Å²) in [6, 6.07) is 15.0. The molecule has 0 radical (unpaired) electrons. The van der Waals surface area contributed by atoms with E-state index in [0.29, 0.717) is 24.3 Å². The van der Waals surface area contributed by atoms with Crippen molar-refractivity contribution in [1.82, 2.24) is 0 Å². The number of allylic oxidation sites excluding steroid dienone is 1. The zero-order valence-electron chi connectivity index (χ0n) is 18.8. The fraction of sp³-hybridized carbons (Fsp3) is 0.360. The van der Waals surface area contributed by atoms with Crippen LogP contribution in [0.15, 0.2) is 60.7 Å². The summed E-state index contributed by atoms with van der Waals surface area (Å²) in [6.07, 6.45) is 3.03. The maximum absolute atomic E-state index is 13.0. The molecule has 2 aromatic carbocycles. The van der Waals surface area contributed by atoms with Gasteiger partial charge in [-0.25, -0.2) is 4.21 Å². The number of carbonyl (C=O) groups excluding carboxylic acids is 2. The quantitative estimate of drug-likeness (QED) is 0.638. The van der Waals surface area contributed by atoms with Crippen LogP contribution < -0.4 is 14.9 Å². The highest BCUT2D eigenvalue weighted by Gasteiger charge is 2.39. The molecule has 1 saturated heterocycles. The first kappa shape index (κ1) is 24.7. The van der Waals surface area contributed by atoms with Crippen molar-refractivity contribution >= 4 is 39.9 Å². The Labute approximate surface area is 200 Å². The molecule has 3 atom stereocenters. The number of carbonyl (C=O) groups is 2. The van der Waals surface area contributed by atoms with Gasteiger partial charge in [-0.3, -0.25) is 13.9 Å². The van der Waals surface area contributed by atoms with Crippen molar-refractivity contribution in [2.75, 3.05) is 27.2 Å². The molecule has 0 aromatic heterocycles. The Morgan fingerprint density at radius 2 is 1.45 bits per heavy atom. The molecule has 33 heavy (non-hydrogen) atoms. The fourth-order valence-electron chi connectivity index (χ4n) is 4.30. The van der Waals surface area contributed by atoms with E-state index in [4.69, 9.17) is 0 Å². The minimum absolute atomic E-state index is 0. The number of aryl methyl sites for hydroxylation is 1. The van der Waals surface area contributed by atoms with Crippen molar-refractivity contribution in [3.8, 4) is 0 Å². The molecule has 2 aromatic rings. The van der Waals surface area contributed by atoms with E-state index in [0.717, 1.165) is 41.9 Å². The van der Waals surface area contributed by atoms with E-state index >= 15 is 0 Å². The molecular formula is C25H35N3O4S. The molecule has 8 heteroatoms. The summed E-state index contributed by atoms with van der Waals surface area (Å²) in [5.41, 5.74) is 4.31. The average molecular weight is 474 g/mol. The molecule has 4 N–H and O–H groups in total. The molecular weight excluding hydrogens is 438 g/mol. The van der Waals surface area contributed by atoms with Gasteiger partial charge in [-0.1, -0.05) is 29.8 Å². The second kappa shape index (κ2) is 10.8. The molecule has 7 nitrogen and oxygen atoms in total. The SMILES string of the molecule is C=C1C[C@H](C(=O)Nc2ccc(C)cc2)[C@@H](C(=O)Nc2ccc(N3CCCCS3=O)cc2)C1.O.[HH].[HH]. The highest BCUT2D eigenvalue weighted by Crippen LogP contribution is 2.37. The fourth-order valence-corrected chi connectivity index (χ4v) is 5.66. The highest BCUT2D eigenvalue weighted by atomic mass is 32.2. The molecule has 2 aliphatic rings. The Hall–Kier alpha value is -2.97. The van der Waals surface area contributed by atoms with Crippen LogP contribution in [0.25, 0.3) is 0 Å². The second-order valence-electron chi connectivity index (χ2n) is 8.60. The lowest BCUT2D eigenvalue weighted by molar-refractivity contribution is -0.128. The van der Waals surface area contributed by atoms with E-state index in [1.807, 2.05) is 59.8 Å². The maximum Gasteiger partial charge on any atom is 0.228 e. The van der Waals surface area contributed by atoms with E-state index in [1.54, 1.807) is 0 Å². The van der Waals surface area contributed by atoms with Crippen molar-refractivity contribution in [1.29, 1.82) is 0 Å². The Morgan fingerprint density at radius 1 is 0.939 bits per heavy atom. The third-order valence-corrected chi connectivity index (χ3v) is 7.62. The lowest BCUT2D eigenvalue weighted by atomic mass is 9.94. The first-order valence-electron chi connectivity index (χ1n) is 11.0. The lowest BCUT2D eigenvalue weighted by Crippen LogP contribution is -2.33. The summed E-state index contributed by atoms with van der Waals surface area (Å²) in [5.74, 6) is -0.547. The number of anilines is 3. The average Bonchev–Trinajstić information content (AvgIpc) is 3.18. The van der Waals surface area contributed by atoms with E-state index in [9.17, 15) is 13.8 Å². The number of hydrogen-bond donors (Lipinski definition) is 2. The summed E-state index contributed by atoms with van der Waals surface area (Å²) in [5, 5.41) is 5.88. The van der Waals surface area contributed by atoms with Gasteiger partial charge in [-0.05, 0) is 69.0 Å². The van der Waals surface area contributed by atoms with Crippen molar-refractivity contribution in [3.63, 3.8) is 0 Å². The molecule has 0 bridgehead atoms. The largest absolute Gasteiger partial charge is 0.412 e. The van der Waals surface area contributed by atoms with Gasteiger partial charge < -0.3 is 16.1 Å². The molecule has 0 spiro atoms. The van der Waals surface area contributed by atoms with Gasteiger partial charge in [0, 0.05) is 32.2 Å². The molecule has 4 rings (SSSR count). The summed E-state index contributed by atoms with van der Waals surface area (Å²) in [6.45, 7) is 6.79. The molecule has 1 aliphatic heterocycles. The van der Waals surface area contributed by atoms with E-state index in [-0.39, 0.29) is 20.1 Å². The van der Waals surface area contributed by atoms with Crippen LogP contribution in [0, 0.1) is 18.8 Å². The van der Waals surface area contributed by atoms with Gasteiger partial charge in [0.25, 0.3) is 0 Å². The second-order valence-corrected chi connectivity index (χ2v) is 10.1. The zero-order chi connectivity index (χ0) is 22.7. The Morgan fingerprint density at radius 3 is 1.97 bits per heavy atom. The molecule has 1 saturated carbocycles. The van der Waals surface area contributed by atoms with Crippen LogP contribution in [0.5, 0.6) is 0 Å². The molecule has 1 unspecified atom stereocenters. The minimum atomic E-state index is -0.989. The molecule has 1 aliphatic carbocycles. The maximum atomic E-state index is 13.0. The number of amides is 2. The summed E-state index contributed by atoms with van der Waals surface area (Å²) in [4.78, 5) is 25.9. The van der Waals surface area contributed by atoms with Crippen molar-refractivity contribution in [3.05, 3.63) is 66.2 Å². The third-order valence-electron chi connectivity index (χ3n) is 6.09. The Kier molecular flexibility index (Phi) is 8.05. The standard InChI is InChI=1S/C25H29N3O3S.H2O.2H2/c1-17-5-7-19(8-6-17)26-24(29)22-15-18(2)16-23(22)25(30)27-20-9-11-21(12-10-20)28-13-3-4-14-32(28)31;;;/h5-12,22-23H,2-4,13-16H2,1H3,(H,26,29)(H,27,30);1H2;2*1H/t22-,23-,32?;;;/m0.../s1. The number of rotatable bonds is 5. The van der Waals surface area contributed by atoms with Crippen LogP contribution in [-0.2, 0) is 20.6 Å². The highest BCUT2D eigenvalue weighted by molar-refractivity contribution is 7.86. The van der Waals surface area contributed by atoms with E-state index < -0.39 is 22.8 Å². The smallest absolute Gasteiger partial charge is 0.228 e. The summed E-state index contributed by atoms with van der Waals surface area (Å²) < 4.78 is 14.1. The number of benzene rings is 2. The minimum Gasteiger partial charge on any atom is -0.412 e. The summed E-state index contributed by atoms with van der Waals surface area (Å²) >= 11 is 0. The van der Waals surface area contributed by atoms with Crippen molar-refractivity contribution in [2.24, 2.45) is 11.8 Å². The first-order chi connectivity index (χ1) is 15.4. The number of hydrogen-bond acceptors (Lipinski definition) is 3. The van der Waals surface area contributed by atoms with Crippen LogP contribution in [0.2, 0.25) is 0 Å².